The van der Waals surface area contributed by atoms with Crippen LogP contribution < -0.4 is 5.32 Å². The van der Waals surface area contributed by atoms with Gasteiger partial charge in [0.15, 0.2) is 0 Å². The van der Waals surface area contributed by atoms with Gasteiger partial charge in [0.25, 0.3) is 5.91 Å². The molecule has 0 spiro atoms. The number of aromatic nitrogens is 5. The number of para-hydroxylation sites is 1. The summed E-state index contributed by atoms with van der Waals surface area (Å²) >= 11 is 0. The van der Waals surface area contributed by atoms with Gasteiger partial charge in [0.1, 0.15) is 22.9 Å². The molecule has 2 N–H and O–H groups in total. The Bertz CT molecular complexity index is 1020. The first-order chi connectivity index (χ1) is 11.7. The first kappa shape index (κ1) is 14.1. The number of benzene rings is 1. The molecule has 24 heavy (non-hydrogen) atoms. The number of pyridine rings is 1. The minimum Gasteiger partial charge on any atom is -0.318 e. The zero-order chi connectivity index (χ0) is 16.5. The Morgan fingerprint density at radius 3 is 2.83 bits per heavy atom. The van der Waals surface area contributed by atoms with Gasteiger partial charge in [-0.15, -0.1) is 5.10 Å². The summed E-state index contributed by atoms with van der Waals surface area (Å²) in [5.74, 6) is -0.977. The zero-order valence-corrected chi connectivity index (χ0v) is 12.3. The van der Waals surface area contributed by atoms with Crippen molar-refractivity contribution in [1.82, 2.24) is 24.8 Å². The van der Waals surface area contributed by atoms with Crippen LogP contribution in [-0.2, 0) is 0 Å². The van der Waals surface area contributed by atoms with Crippen LogP contribution >= 0.6 is 0 Å². The van der Waals surface area contributed by atoms with E-state index in [1.165, 1.54) is 12.1 Å². The van der Waals surface area contributed by atoms with Gasteiger partial charge in [0.05, 0.1) is 11.9 Å². The molecule has 0 saturated heterocycles. The Hall–Kier alpha value is -3.55. The van der Waals surface area contributed by atoms with E-state index in [-0.39, 0.29) is 11.4 Å². The van der Waals surface area contributed by atoms with Gasteiger partial charge in [-0.2, -0.15) is 0 Å². The lowest BCUT2D eigenvalue weighted by molar-refractivity contribution is 0.102. The molecule has 4 aromatic rings. The second-order valence-corrected chi connectivity index (χ2v) is 5.10. The van der Waals surface area contributed by atoms with Crippen LogP contribution in [0.15, 0.2) is 55.0 Å². The highest BCUT2D eigenvalue weighted by Crippen LogP contribution is 2.18. The molecule has 0 aliphatic heterocycles. The van der Waals surface area contributed by atoms with E-state index in [2.05, 4.69) is 25.7 Å². The predicted octanol–water partition coefficient (Wildman–Crippen LogP) is 2.51. The molecule has 1 amide bonds. The number of nitrogens with one attached hydrogen (secondary N) is 2. The topological polar surface area (TPSA) is 88.0 Å². The van der Waals surface area contributed by atoms with Gasteiger partial charge < -0.3 is 9.72 Å². The lowest BCUT2D eigenvalue weighted by Crippen LogP contribution is -2.13. The maximum atomic E-state index is 13.6. The van der Waals surface area contributed by atoms with E-state index in [9.17, 15) is 9.18 Å². The number of anilines is 1. The third-order valence-corrected chi connectivity index (χ3v) is 3.52. The standard InChI is InChI=1S/C16H11FN6O/c17-11-3-1-2-4-12(11)20-16(24)14-9-23-8-10(5-6-15(23)19-14)13-7-18-22-21-13/h1-9H,(H,20,24)(H,18,21,22). The van der Waals surface area contributed by atoms with Crippen molar-refractivity contribution in [3.05, 3.63) is 66.5 Å². The second kappa shape index (κ2) is 5.58. The fourth-order valence-corrected chi connectivity index (χ4v) is 2.34. The molecule has 0 radical (unpaired) electrons. The Balaban J connectivity index is 1.65. The summed E-state index contributed by atoms with van der Waals surface area (Å²) < 4.78 is 15.3. The molecule has 1 aromatic carbocycles. The van der Waals surface area contributed by atoms with Crippen molar-refractivity contribution in [3.8, 4) is 11.3 Å². The Labute approximate surface area is 135 Å². The lowest BCUT2D eigenvalue weighted by atomic mass is 10.2. The van der Waals surface area contributed by atoms with E-state index in [1.54, 1.807) is 41.2 Å². The number of halogens is 1. The second-order valence-electron chi connectivity index (χ2n) is 5.10. The van der Waals surface area contributed by atoms with E-state index < -0.39 is 11.7 Å². The molecule has 0 atom stereocenters. The highest BCUT2D eigenvalue weighted by molar-refractivity contribution is 6.03. The van der Waals surface area contributed by atoms with Crippen molar-refractivity contribution in [2.75, 3.05) is 5.32 Å². The van der Waals surface area contributed by atoms with Gasteiger partial charge in [0, 0.05) is 18.0 Å². The van der Waals surface area contributed by atoms with E-state index in [0.29, 0.717) is 11.3 Å². The Morgan fingerprint density at radius 1 is 1.17 bits per heavy atom. The van der Waals surface area contributed by atoms with Crippen LogP contribution in [0, 0.1) is 5.82 Å². The number of fused-ring (bicyclic) bond motifs is 1. The maximum absolute atomic E-state index is 13.6. The summed E-state index contributed by atoms with van der Waals surface area (Å²) in [7, 11) is 0. The fourth-order valence-electron chi connectivity index (χ4n) is 2.34. The number of rotatable bonds is 3. The van der Waals surface area contributed by atoms with E-state index >= 15 is 0 Å². The summed E-state index contributed by atoms with van der Waals surface area (Å²) in [6.45, 7) is 0. The third-order valence-electron chi connectivity index (χ3n) is 3.52. The van der Waals surface area contributed by atoms with Gasteiger partial charge in [0.2, 0.25) is 0 Å². The molecule has 0 bridgehead atoms. The van der Waals surface area contributed by atoms with Crippen LogP contribution in [0.1, 0.15) is 10.5 Å². The molecule has 0 saturated carbocycles. The normalized spacial score (nSPS) is 10.9. The number of imidazole rings is 1. The van der Waals surface area contributed by atoms with Crippen LogP contribution in [0.3, 0.4) is 0 Å². The Kier molecular flexibility index (Phi) is 3.27. The third kappa shape index (κ3) is 2.50. The first-order valence-electron chi connectivity index (χ1n) is 7.12. The highest BCUT2D eigenvalue weighted by atomic mass is 19.1. The molecular weight excluding hydrogens is 311 g/mol. The van der Waals surface area contributed by atoms with Crippen LogP contribution in [0.2, 0.25) is 0 Å². The molecule has 0 aliphatic rings. The van der Waals surface area contributed by atoms with Crippen LogP contribution in [0.25, 0.3) is 16.9 Å². The van der Waals surface area contributed by atoms with Crippen molar-refractivity contribution in [2.45, 2.75) is 0 Å². The Morgan fingerprint density at radius 2 is 2.04 bits per heavy atom. The van der Waals surface area contributed by atoms with Crippen LogP contribution in [0.4, 0.5) is 10.1 Å². The lowest BCUT2D eigenvalue weighted by Gasteiger charge is -2.03. The molecule has 118 valence electrons. The summed E-state index contributed by atoms with van der Waals surface area (Å²) in [6, 6.07) is 9.58. The quantitative estimate of drug-likeness (QED) is 0.606. The largest absolute Gasteiger partial charge is 0.318 e. The van der Waals surface area contributed by atoms with E-state index in [4.69, 9.17) is 0 Å². The van der Waals surface area contributed by atoms with Crippen molar-refractivity contribution in [2.24, 2.45) is 0 Å². The van der Waals surface area contributed by atoms with Crippen molar-refractivity contribution in [3.63, 3.8) is 0 Å². The van der Waals surface area contributed by atoms with E-state index in [0.717, 1.165) is 5.56 Å². The molecule has 8 heteroatoms. The number of aromatic amines is 1. The number of carbonyl (C=O) groups excluding carboxylic acids is 1. The average Bonchev–Trinajstić information content (AvgIpc) is 3.25. The summed E-state index contributed by atoms with van der Waals surface area (Å²) in [4.78, 5) is 16.5. The molecule has 3 aromatic heterocycles. The van der Waals surface area contributed by atoms with Crippen LogP contribution in [-0.4, -0.2) is 30.7 Å². The zero-order valence-electron chi connectivity index (χ0n) is 12.3. The number of carbonyl (C=O) groups is 1. The number of nitrogens with zero attached hydrogens (tertiary/aromatic N) is 4. The number of amides is 1. The monoisotopic (exact) mass is 322 g/mol. The average molecular weight is 322 g/mol. The minimum absolute atomic E-state index is 0.114. The van der Waals surface area contributed by atoms with Gasteiger partial charge in [-0.05, 0) is 24.3 Å². The summed E-state index contributed by atoms with van der Waals surface area (Å²) in [6.07, 6.45) is 5.04. The van der Waals surface area contributed by atoms with Crippen molar-refractivity contribution >= 4 is 17.2 Å². The number of H-pyrrole nitrogens is 1. The van der Waals surface area contributed by atoms with Crippen molar-refractivity contribution < 1.29 is 9.18 Å². The summed E-state index contributed by atoms with van der Waals surface area (Å²) in [5, 5.41) is 12.8. The molecular formula is C16H11FN6O. The van der Waals surface area contributed by atoms with Gasteiger partial charge in [-0.25, -0.2) is 9.37 Å². The smallest absolute Gasteiger partial charge is 0.275 e. The number of hydrogen-bond acceptors (Lipinski definition) is 4. The SMILES string of the molecule is O=C(Nc1ccccc1F)c1cn2cc(-c3c[nH]nn3)ccc2n1. The van der Waals surface area contributed by atoms with Crippen molar-refractivity contribution in [1.29, 1.82) is 0 Å². The minimum atomic E-state index is -0.497. The van der Waals surface area contributed by atoms with Gasteiger partial charge >= 0.3 is 0 Å². The highest BCUT2D eigenvalue weighted by Gasteiger charge is 2.13. The van der Waals surface area contributed by atoms with Crippen LogP contribution in [0.5, 0.6) is 0 Å². The number of hydrogen-bond donors (Lipinski definition) is 2. The van der Waals surface area contributed by atoms with Gasteiger partial charge in [-0.3, -0.25) is 9.89 Å². The molecule has 3 heterocycles. The molecule has 4 rings (SSSR count). The van der Waals surface area contributed by atoms with E-state index in [1.807, 2.05) is 6.07 Å². The molecule has 0 fully saturated rings. The van der Waals surface area contributed by atoms with Gasteiger partial charge in [-0.1, -0.05) is 17.3 Å². The molecule has 0 unspecified atom stereocenters. The fraction of sp³-hybridized carbons (Fsp3) is 0. The molecule has 7 nitrogen and oxygen atoms in total. The maximum Gasteiger partial charge on any atom is 0.275 e. The summed E-state index contributed by atoms with van der Waals surface area (Å²) in [5.41, 5.74) is 2.41. The predicted molar refractivity (Wildman–Crippen MR) is 84.9 cm³/mol. The first-order valence-corrected chi connectivity index (χ1v) is 7.12. The molecule has 0 aliphatic carbocycles.